The lowest BCUT2D eigenvalue weighted by molar-refractivity contribution is 0.416. The molecule has 4 heteroatoms. The number of imidazole rings is 1. The van der Waals surface area contributed by atoms with E-state index in [1.54, 1.807) is 13.4 Å². The van der Waals surface area contributed by atoms with Crippen LogP contribution in [-0.4, -0.2) is 16.7 Å². The molecule has 0 aliphatic rings. The van der Waals surface area contributed by atoms with Crippen LogP contribution in [0.1, 0.15) is 16.8 Å². The van der Waals surface area contributed by atoms with Crippen LogP contribution in [0.2, 0.25) is 0 Å². The highest BCUT2D eigenvalue weighted by molar-refractivity contribution is 5.71. The van der Waals surface area contributed by atoms with Gasteiger partial charge in [-0.25, -0.2) is 4.98 Å². The number of benzene rings is 1. The highest BCUT2D eigenvalue weighted by Crippen LogP contribution is 2.33. The van der Waals surface area contributed by atoms with E-state index in [1.807, 2.05) is 17.7 Å². The molecule has 0 fully saturated rings. The van der Waals surface area contributed by atoms with Gasteiger partial charge in [0.2, 0.25) is 0 Å². The molecule has 0 amide bonds. The number of hydrogen-bond acceptors (Lipinski definition) is 3. The van der Waals surface area contributed by atoms with Gasteiger partial charge in [-0.1, -0.05) is 0 Å². The lowest BCUT2D eigenvalue weighted by Gasteiger charge is -2.12. The normalized spacial score (nSPS) is 10.7. The summed E-state index contributed by atoms with van der Waals surface area (Å²) in [6, 6.07) is 4.15. The van der Waals surface area contributed by atoms with Gasteiger partial charge in [-0.15, -0.1) is 0 Å². The first-order valence-corrected chi connectivity index (χ1v) is 5.94. The molecular weight excluding hydrogens is 226 g/mol. The number of hydrogen-bond donors (Lipinski definition) is 1. The quantitative estimate of drug-likeness (QED) is 0.901. The minimum absolute atomic E-state index is 0.460. The molecule has 96 valence electrons. The fraction of sp³-hybridized carbons (Fsp3) is 0.357. The van der Waals surface area contributed by atoms with E-state index in [0.717, 1.165) is 22.7 Å². The van der Waals surface area contributed by atoms with Gasteiger partial charge >= 0.3 is 0 Å². The average molecular weight is 245 g/mol. The van der Waals surface area contributed by atoms with Crippen molar-refractivity contribution in [1.82, 2.24) is 9.55 Å². The molecule has 0 bridgehead atoms. The Labute approximate surface area is 107 Å². The first kappa shape index (κ1) is 12.6. The summed E-state index contributed by atoms with van der Waals surface area (Å²) in [4.78, 5) is 4.44. The molecule has 0 saturated heterocycles. The van der Waals surface area contributed by atoms with Crippen LogP contribution >= 0.6 is 0 Å². The van der Waals surface area contributed by atoms with E-state index in [1.165, 1.54) is 11.1 Å². The molecule has 0 radical (unpaired) electrons. The molecule has 4 nitrogen and oxygen atoms in total. The van der Waals surface area contributed by atoms with Crippen molar-refractivity contribution < 1.29 is 4.74 Å². The lowest BCUT2D eigenvalue weighted by atomic mass is 10.0. The molecule has 18 heavy (non-hydrogen) atoms. The summed E-state index contributed by atoms with van der Waals surface area (Å²) in [7, 11) is 3.63. The zero-order valence-corrected chi connectivity index (χ0v) is 11.3. The molecule has 0 saturated carbocycles. The van der Waals surface area contributed by atoms with E-state index in [-0.39, 0.29) is 0 Å². The second kappa shape index (κ2) is 4.82. The van der Waals surface area contributed by atoms with Gasteiger partial charge in [0.1, 0.15) is 5.75 Å². The third kappa shape index (κ3) is 1.99. The van der Waals surface area contributed by atoms with Gasteiger partial charge < -0.3 is 15.0 Å². The Morgan fingerprint density at radius 3 is 2.56 bits per heavy atom. The van der Waals surface area contributed by atoms with Gasteiger partial charge in [0, 0.05) is 19.2 Å². The molecule has 2 rings (SSSR count). The van der Waals surface area contributed by atoms with E-state index in [4.69, 9.17) is 10.5 Å². The van der Waals surface area contributed by atoms with Crippen LogP contribution in [0.3, 0.4) is 0 Å². The van der Waals surface area contributed by atoms with Gasteiger partial charge in [0.15, 0.2) is 0 Å². The molecule has 0 unspecified atom stereocenters. The largest absolute Gasteiger partial charge is 0.496 e. The number of methoxy groups -OCH3 is 1. The van der Waals surface area contributed by atoms with Crippen molar-refractivity contribution >= 4 is 0 Å². The summed E-state index contributed by atoms with van der Waals surface area (Å²) in [6.45, 7) is 4.62. The number of ether oxygens (including phenoxy) is 1. The maximum Gasteiger partial charge on any atom is 0.128 e. The van der Waals surface area contributed by atoms with Crippen molar-refractivity contribution in [2.75, 3.05) is 7.11 Å². The highest BCUT2D eigenvalue weighted by Gasteiger charge is 2.15. The lowest BCUT2D eigenvalue weighted by Crippen LogP contribution is -2.04. The molecule has 1 aromatic carbocycles. The first-order valence-electron chi connectivity index (χ1n) is 5.94. The summed E-state index contributed by atoms with van der Waals surface area (Å²) in [5.41, 5.74) is 11.1. The summed E-state index contributed by atoms with van der Waals surface area (Å²) in [5.74, 6) is 0.839. The van der Waals surface area contributed by atoms with Crippen molar-refractivity contribution in [3.8, 4) is 17.0 Å². The Morgan fingerprint density at radius 2 is 1.94 bits per heavy atom. The molecule has 0 aliphatic heterocycles. The SMILES string of the molecule is COc1cc(C)c(C)cc1-c1ncn(C)c1CN. The van der Waals surface area contributed by atoms with E-state index < -0.39 is 0 Å². The van der Waals surface area contributed by atoms with Gasteiger partial charge in [-0.05, 0) is 37.1 Å². The maximum atomic E-state index is 5.79. The Hall–Kier alpha value is -1.81. The smallest absolute Gasteiger partial charge is 0.128 e. The zero-order valence-electron chi connectivity index (χ0n) is 11.3. The van der Waals surface area contributed by atoms with Crippen LogP contribution in [0.15, 0.2) is 18.5 Å². The fourth-order valence-electron chi connectivity index (χ4n) is 2.06. The predicted octanol–water partition coefficient (Wildman–Crippen LogP) is 2.17. The van der Waals surface area contributed by atoms with Crippen LogP contribution in [-0.2, 0) is 13.6 Å². The van der Waals surface area contributed by atoms with E-state index >= 15 is 0 Å². The first-order chi connectivity index (χ1) is 8.58. The monoisotopic (exact) mass is 245 g/mol. The summed E-state index contributed by atoms with van der Waals surface area (Å²) in [6.07, 6.45) is 1.78. The molecule has 1 heterocycles. The van der Waals surface area contributed by atoms with Crippen LogP contribution in [0.5, 0.6) is 5.75 Å². The fourth-order valence-corrected chi connectivity index (χ4v) is 2.06. The topological polar surface area (TPSA) is 53.1 Å². The third-order valence-electron chi connectivity index (χ3n) is 3.32. The number of rotatable bonds is 3. The Kier molecular flexibility index (Phi) is 3.39. The maximum absolute atomic E-state index is 5.79. The zero-order chi connectivity index (χ0) is 13.3. The predicted molar refractivity (Wildman–Crippen MR) is 72.6 cm³/mol. The minimum Gasteiger partial charge on any atom is -0.496 e. The highest BCUT2D eigenvalue weighted by atomic mass is 16.5. The van der Waals surface area contributed by atoms with Crippen molar-refractivity contribution in [2.24, 2.45) is 12.8 Å². The second-order valence-electron chi connectivity index (χ2n) is 4.49. The number of nitrogens with zero attached hydrogens (tertiary/aromatic N) is 2. The Balaban J connectivity index is 2.66. The molecule has 0 spiro atoms. The van der Waals surface area contributed by atoms with Crippen LogP contribution < -0.4 is 10.5 Å². The molecule has 0 aliphatic carbocycles. The second-order valence-corrected chi connectivity index (χ2v) is 4.49. The summed E-state index contributed by atoms with van der Waals surface area (Å²) in [5, 5.41) is 0. The molecule has 2 N–H and O–H groups in total. The Morgan fingerprint density at radius 1 is 1.28 bits per heavy atom. The van der Waals surface area contributed by atoms with E-state index in [2.05, 4.69) is 24.9 Å². The Bertz CT molecular complexity index is 573. The van der Waals surface area contributed by atoms with Crippen molar-refractivity contribution in [2.45, 2.75) is 20.4 Å². The van der Waals surface area contributed by atoms with Crippen molar-refractivity contribution in [3.63, 3.8) is 0 Å². The number of aromatic nitrogens is 2. The molecular formula is C14H19N3O. The average Bonchev–Trinajstić information content (AvgIpc) is 2.73. The number of nitrogens with two attached hydrogens (primary N) is 1. The van der Waals surface area contributed by atoms with Crippen LogP contribution in [0.4, 0.5) is 0 Å². The molecule has 1 aromatic heterocycles. The summed E-state index contributed by atoms with van der Waals surface area (Å²) < 4.78 is 7.40. The van der Waals surface area contributed by atoms with Gasteiger partial charge in [0.25, 0.3) is 0 Å². The number of aryl methyl sites for hydroxylation is 3. The van der Waals surface area contributed by atoms with Crippen LogP contribution in [0, 0.1) is 13.8 Å². The van der Waals surface area contributed by atoms with Crippen molar-refractivity contribution in [3.05, 3.63) is 35.3 Å². The standard InChI is InChI=1S/C14H19N3O/c1-9-5-11(13(18-4)6-10(9)2)14-12(7-15)17(3)8-16-14/h5-6,8H,7,15H2,1-4H3. The minimum atomic E-state index is 0.460. The molecule has 0 atom stereocenters. The van der Waals surface area contributed by atoms with Crippen LogP contribution in [0.25, 0.3) is 11.3 Å². The van der Waals surface area contributed by atoms with Gasteiger partial charge in [0.05, 0.1) is 24.8 Å². The molecule has 2 aromatic rings. The van der Waals surface area contributed by atoms with E-state index in [9.17, 15) is 0 Å². The summed E-state index contributed by atoms with van der Waals surface area (Å²) >= 11 is 0. The third-order valence-corrected chi connectivity index (χ3v) is 3.32. The van der Waals surface area contributed by atoms with E-state index in [0.29, 0.717) is 6.54 Å². The van der Waals surface area contributed by atoms with Gasteiger partial charge in [-0.2, -0.15) is 0 Å². The van der Waals surface area contributed by atoms with Gasteiger partial charge in [-0.3, -0.25) is 0 Å². The van der Waals surface area contributed by atoms with Crippen molar-refractivity contribution in [1.29, 1.82) is 0 Å².